The second-order valence-electron chi connectivity index (χ2n) is 6.68. The van der Waals surface area contributed by atoms with Crippen LogP contribution in [0.3, 0.4) is 0 Å². The van der Waals surface area contributed by atoms with Crippen LogP contribution in [0.4, 0.5) is 0 Å². The van der Waals surface area contributed by atoms with Gasteiger partial charge in [-0.05, 0) is 64.8 Å². The second-order valence-corrected chi connectivity index (χ2v) is 8.61. The maximum absolute atomic E-state index is 11.9. The van der Waals surface area contributed by atoms with Crippen LogP contribution < -0.4 is 21.1 Å². The molecule has 5 N–H and O–H groups in total. The van der Waals surface area contributed by atoms with Crippen LogP contribution >= 0.6 is 12.4 Å². The SMILES string of the molecule is CCCCCCCCS(=O)(=O)NCCCNCCCCNCCCN.Cl. The van der Waals surface area contributed by atoms with Crippen LogP contribution in [0.1, 0.15) is 71.1 Å². The van der Waals surface area contributed by atoms with Gasteiger partial charge < -0.3 is 16.4 Å². The molecule has 0 rings (SSSR count). The number of hydrogen-bond acceptors (Lipinski definition) is 5. The number of rotatable bonds is 20. The standard InChI is InChI=1S/C18H42N4O2S.ClH/c1-2-3-4-5-6-9-18-25(23,24)22-17-11-16-21-14-8-7-13-20-15-10-12-19;/h20-22H,2-19H2,1H3;1H. The summed E-state index contributed by atoms with van der Waals surface area (Å²) in [6.07, 6.45) is 10.8. The highest BCUT2D eigenvalue weighted by Gasteiger charge is 2.08. The summed E-state index contributed by atoms with van der Waals surface area (Å²) in [7, 11) is -3.08. The summed E-state index contributed by atoms with van der Waals surface area (Å²) < 4.78 is 26.4. The van der Waals surface area contributed by atoms with E-state index in [2.05, 4.69) is 22.3 Å². The number of nitrogens with two attached hydrogens (primary N) is 1. The molecule has 6 nitrogen and oxygen atoms in total. The largest absolute Gasteiger partial charge is 0.330 e. The monoisotopic (exact) mass is 414 g/mol. The molecule has 0 aliphatic rings. The van der Waals surface area contributed by atoms with Gasteiger partial charge in [0.15, 0.2) is 0 Å². The number of sulfonamides is 1. The van der Waals surface area contributed by atoms with Crippen LogP contribution in [0.5, 0.6) is 0 Å². The van der Waals surface area contributed by atoms with Gasteiger partial charge in [-0.25, -0.2) is 13.1 Å². The third-order valence-corrected chi connectivity index (χ3v) is 5.60. The Hall–Kier alpha value is 0.0800. The molecular weight excluding hydrogens is 372 g/mol. The van der Waals surface area contributed by atoms with Crippen molar-refractivity contribution < 1.29 is 8.42 Å². The summed E-state index contributed by atoms with van der Waals surface area (Å²) in [5.74, 6) is 0.268. The molecule has 0 saturated carbocycles. The second kappa shape index (κ2) is 21.4. The maximum atomic E-state index is 11.9. The van der Waals surface area contributed by atoms with Crippen molar-refractivity contribution in [2.45, 2.75) is 71.1 Å². The Labute approximate surface area is 168 Å². The predicted octanol–water partition coefficient (Wildman–Crippen LogP) is 2.39. The number of nitrogens with one attached hydrogen (secondary N) is 3. The molecule has 0 aliphatic carbocycles. The molecule has 0 spiro atoms. The van der Waals surface area contributed by atoms with Gasteiger partial charge in [-0.3, -0.25) is 0 Å². The zero-order chi connectivity index (χ0) is 18.6. The highest BCUT2D eigenvalue weighted by molar-refractivity contribution is 7.89. The van der Waals surface area contributed by atoms with Crippen LogP contribution in [-0.2, 0) is 10.0 Å². The molecule has 26 heavy (non-hydrogen) atoms. The topological polar surface area (TPSA) is 96.2 Å². The molecule has 0 saturated heterocycles. The highest BCUT2D eigenvalue weighted by atomic mass is 35.5. The first-order chi connectivity index (χ1) is 12.1. The molecule has 0 unspecified atom stereocenters. The lowest BCUT2D eigenvalue weighted by Gasteiger charge is -2.08. The summed E-state index contributed by atoms with van der Waals surface area (Å²) in [6, 6.07) is 0. The molecule has 0 fully saturated rings. The van der Waals surface area contributed by atoms with Gasteiger partial charge in [0, 0.05) is 6.54 Å². The summed E-state index contributed by atoms with van der Waals surface area (Å²) in [5.41, 5.74) is 5.43. The van der Waals surface area contributed by atoms with Crippen molar-refractivity contribution in [1.82, 2.24) is 15.4 Å². The normalized spacial score (nSPS) is 11.5. The summed E-state index contributed by atoms with van der Waals surface area (Å²) in [6.45, 7) is 7.36. The fraction of sp³-hybridized carbons (Fsp3) is 1.00. The maximum Gasteiger partial charge on any atom is 0.211 e. The van der Waals surface area contributed by atoms with Crippen molar-refractivity contribution in [3.05, 3.63) is 0 Å². The van der Waals surface area contributed by atoms with Gasteiger partial charge in [-0.15, -0.1) is 12.4 Å². The first kappa shape index (κ1) is 28.3. The fourth-order valence-electron chi connectivity index (χ4n) is 2.56. The number of hydrogen-bond donors (Lipinski definition) is 4. The lowest BCUT2D eigenvalue weighted by atomic mass is 10.1. The Balaban J connectivity index is 0. The van der Waals surface area contributed by atoms with Crippen molar-refractivity contribution in [2.24, 2.45) is 5.73 Å². The van der Waals surface area contributed by atoms with E-state index in [0.717, 1.165) is 77.7 Å². The number of halogens is 1. The smallest absolute Gasteiger partial charge is 0.211 e. The van der Waals surface area contributed by atoms with E-state index in [4.69, 9.17) is 5.73 Å². The minimum Gasteiger partial charge on any atom is -0.330 e. The average molecular weight is 415 g/mol. The Bertz CT molecular complexity index is 370. The first-order valence-electron chi connectivity index (χ1n) is 10.2. The van der Waals surface area contributed by atoms with Crippen molar-refractivity contribution in [2.75, 3.05) is 45.0 Å². The molecular formula is C18H43ClN4O2S. The quantitative estimate of drug-likeness (QED) is 0.229. The molecule has 160 valence electrons. The Morgan fingerprint density at radius 2 is 1.23 bits per heavy atom. The van der Waals surface area contributed by atoms with E-state index < -0.39 is 10.0 Å². The fourth-order valence-corrected chi connectivity index (χ4v) is 3.75. The third kappa shape index (κ3) is 22.1. The van der Waals surface area contributed by atoms with Crippen molar-refractivity contribution >= 4 is 22.4 Å². The molecule has 0 bridgehead atoms. The lowest BCUT2D eigenvalue weighted by Crippen LogP contribution is -2.29. The van der Waals surface area contributed by atoms with Crippen LogP contribution in [0, 0.1) is 0 Å². The molecule has 0 radical (unpaired) electrons. The van der Waals surface area contributed by atoms with Crippen LogP contribution in [0.25, 0.3) is 0 Å². The van der Waals surface area contributed by atoms with E-state index in [0.29, 0.717) is 6.54 Å². The molecule has 0 amide bonds. The van der Waals surface area contributed by atoms with Gasteiger partial charge in [0.25, 0.3) is 0 Å². The molecule has 0 aromatic rings. The van der Waals surface area contributed by atoms with E-state index in [-0.39, 0.29) is 18.2 Å². The molecule has 0 aromatic carbocycles. The third-order valence-electron chi connectivity index (χ3n) is 4.13. The van der Waals surface area contributed by atoms with E-state index in [9.17, 15) is 8.42 Å². The minimum atomic E-state index is -3.08. The van der Waals surface area contributed by atoms with Gasteiger partial charge in [0.05, 0.1) is 5.75 Å². The molecule has 8 heteroatoms. The van der Waals surface area contributed by atoms with Crippen molar-refractivity contribution in [3.63, 3.8) is 0 Å². The molecule has 0 atom stereocenters. The van der Waals surface area contributed by atoms with Crippen LogP contribution in [0.15, 0.2) is 0 Å². The van der Waals surface area contributed by atoms with Crippen molar-refractivity contribution in [1.29, 1.82) is 0 Å². The Kier molecular flexibility index (Phi) is 23.3. The van der Waals surface area contributed by atoms with E-state index in [1.165, 1.54) is 19.3 Å². The average Bonchev–Trinajstić information content (AvgIpc) is 2.59. The van der Waals surface area contributed by atoms with Crippen molar-refractivity contribution in [3.8, 4) is 0 Å². The molecule has 0 heterocycles. The molecule has 0 aliphatic heterocycles. The van der Waals surface area contributed by atoms with E-state index >= 15 is 0 Å². The summed E-state index contributed by atoms with van der Waals surface area (Å²) in [5, 5.41) is 6.72. The zero-order valence-electron chi connectivity index (χ0n) is 16.7. The predicted molar refractivity (Wildman–Crippen MR) is 116 cm³/mol. The minimum absolute atomic E-state index is 0. The number of unbranched alkanes of at least 4 members (excludes halogenated alkanes) is 6. The first-order valence-corrected chi connectivity index (χ1v) is 11.9. The van der Waals surface area contributed by atoms with E-state index in [1.54, 1.807) is 0 Å². The van der Waals surface area contributed by atoms with Gasteiger partial charge in [-0.1, -0.05) is 39.0 Å². The highest BCUT2D eigenvalue weighted by Crippen LogP contribution is 2.05. The molecule has 0 aromatic heterocycles. The van der Waals surface area contributed by atoms with E-state index in [1.807, 2.05) is 0 Å². The van der Waals surface area contributed by atoms with Gasteiger partial charge in [0.2, 0.25) is 10.0 Å². The van der Waals surface area contributed by atoms with Gasteiger partial charge >= 0.3 is 0 Å². The van der Waals surface area contributed by atoms with Crippen LogP contribution in [0.2, 0.25) is 0 Å². The Morgan fingerprint density at radius 3 is 1.85 bits per heavy atom. The van der Waals surface area contributed by atoms with Gasteiger partial charge in [0.1, 0.15) is 0 Å². The van der Waals surface area contributed by atoms with Gasteiger partial charge in [-0.2, -0.15) is 0 Å². The summed E-state index contributed by atoms with van der Waals surface area (Å²) >= 11 is 0. The Morgan fingerprint density at radius 1 is 0.692 bits per heavy atom. The lowest BCUT2D eigenvalue weighted by molar-refractivity contribution is 0.555. The van der Waals surface area contributed by atoms with Crippen LogP contribution in [-0.4, -0.2) is 53.4 Å². The summed E-state index contributed by atoms with van der Waals surface area (Å²) in [4.78, 5) is 0. The zero-order valence-corrected chi connectivity index (χ0v) is 18.4.